The van der Waals surface area contributed by atoms with Crippen molar-refractivity contribution in [2.75, 3.05) is 19.0 Å². The van der Waals surface area contributed by atoms with Gasteiger partial charge >= 0.3 is 0 Å². The first-order chi connectivity index (χ1) is 10.1. The zero-order chi connectivity index (χ0) is 15.2. The smallest absolute Gasteiger partial charge is 0.262 e. The molecule has 2 rings (SSSR count). The monoisotopic (exact) mass is 369 g/mol. The molecule has 6 heteroatoms. The first kappa shape index (κ1) is 15.7. The lowest BCUT2D eigenvalue weighted by Gasteiger charge is -2.10. The number of anilines is 1. The van der Waals surface area contributed by atoms with E-state index in [1.54, 1.807) is 49.6 Å². The Kier molecular flexibility index (Phi) is 5.47. The average Bonchev–Trinajstić information content (AvgIpc) is 2.48. The number of benzene rings is 2. The molecule has 0 aliphatic carbocycles. The Morgan fingerprint density at radius 2 is 1.95 bits per heavy atom. The topological polar surface area (TPSA) is 47.6 Å². The van der Waals surface area contributed by atoms with Crippen LogP contribution in [-0.4, -0.2) is 19.6 Å². The maximum Gasteiger partial charge on any atom is 0.262 e. The highest BCUT2D eigenvalue weighted by Crippen LogP contribution is 2.29. The maximum atomic E-state index is 11.8. The van der Waals surface area contributed by atoms with Gasteiger partial charge < -0.3 is 14.8 Å². The fraction of sp³-hybridized carbons (Fsp3) is 0.133. The van der Waals surface area contributed by atoms with Crippen molar-refractivity contribution in [3.8, 4) is 11.5 Å². The van der Waals surface area contributed by atoms with Crippen molar-refractivity contribution in [3.63, 3.8) is 0 Å². The number of hydrogen-bond acceptors (Lipinski definition) is 3. The number of ether oxygens (including phenoxy) is 2. The van der Waals surface area contributed by atoms with E-state index in [2.05, 4.69) is 21.2 Å². The van der Waals surface area contributed by atoms with Gasteiger partial charge in [0.2, 0.25) is 0 Å². The van der Waals surface area contributed by atoms with Crippen LogP contribution in [0.15, 0.2) is 46.9 Å². The van der Waals surface area contributed by atoms with Crippen molar-refractivity contribution >= 4 is 39.1 Å². The summed E-state index contributed by atoms with van der Waals surface area (Å²) in [7, 11) is 1.59. The molecule has 0 aliphatic rings. The van der Waals surface area contributed by atoms with Crippen molar-refractivity contribution < 1.29 is 14.3 Å². The highest BCUT2D eigenvalue weighted by molar-refractivity contribution is 9.10. The fourth-order valence-corrected chi connectivity index (χ4v) is 2.20. The molecule has 0 saturated heterocycles. The molecule has 0 fully saturated rings. The van der Waals surface area contributed by atoms with Crippen LogP contribution in [0, 0.1) is 0 Å². The molecule has 0 saturated carbocycles. The highest BCUT2D eigenvalue weighted by atomic mass is 79.9. The van der Waals surface area contributed by atoms with Crippen molar-refractivity contribution in [2.24, 2.45) is 0 Å². The van der Waals surface area contributed by atoms with Gasteiger partial charge in [-0.2, -0.15) is 0 Å². The summed E-state index contributed by atoms with van der Waals surface area (Å²) in [4.78, 5) is 11.8. The molecule has 2 aromatic carbocycles. The molecule has 1 amide bonds. The summed E-state index contributed by atoms with van der Waals surface area (Å²) in [6, 6.07) is 12.1. The van der Waals surface area contributed by atoms with E-state index in [1.807, 2.05) is 0 Å². The Hall–Kier alpha value is -1.72. The third-order valence-electron chi connectivity index (χ3n) is 2.63. The number of halogens is 2. The highest BCUT2D eigenvalue weighted by Gasteiger charge is 2.07. The van der Waals surface area contributed by atoms with Crippen LogP contribution in [-0.2, 0) is 4.79 Å². The first-order valence-electron chi connectivity index (χ1n) is 6.10. The zero-order valence-electron chi connectivity index (χ0n) is 11.2. The second kappa shape index (κ2) is 7.33. The molecular formula is C15H13BrClNO3. The molecule has 21 heavy (non-hydrogen) atoms. The lowest BCUT2D eigenvalue weighted by Crippen LogP contribution is -2.20. The number of amides is 1. The van der Waals surface area contributed by atoms with Gasteiger partial charge in [-0.05, 0) is 58.4 Å². The van der Waals surface area contributed by atoms with E-state index in [1.165, 1.54) is 0 Å². The third kappa shape index (κ3) is 4.65. The largest absolute Gasteiger partial charge is 0.497 e. The molecule has 2 aromatic rings. The fourth-order valence-electron chi connectivity index (χ4n) is 1.60. The maximum absolute atomic E-state index is 11.8. The number of carbonyl (C=O) groups is 1. The molecule has 0 unspecified atom stereocenters. The van der Waals surface area contributed by atoms with Crippen LogP contribution in [0.2, 0.25) is 5.02 Å². The minimum absolute atomic E-state index is 0.0897. The standard InChI is InChI=1S/C15H13BrClNO3/c1-20-12-6-7-14(13(16)8-12)21-9-15(19)18-11-4-2-10(17)3-5-11/h2-8H,9H2,1H3,(H,18,19). The van der Waals surface area contributed by atoms with Crippen molar-refractivity contribution in [3.05, 3.63) is 52.0 Å². The molecule has 0 spiro atoms. The van der Waals surface area contributed by atoms with Gasteiger partial charge in [0.1, 0.15) is 11.5 Å². The molecule has 4 nitrogen and oxygen atoms in total. The summed E-state index contributed by atoms with van der Waals surface area (Å²) in [5.74, 6) is 1.03. The van der Waals surface area contributed by atoms with Gasteiger partial charge in [0.25, 0.3) is 5.91 Å². The van der Waals surface area contributed by atoms with Gasteiger partial charge in [-0.3, -0.25) is 4.79 Å². The summed E-state index contributed by atoms with van der Waals surface area (Å²) in [5, 5.41) is 3.34. The Morgan fingerprint density at radius 3 is 2.57 bits per heavy atom. The summed E-state index contributed by atoms with van der Waals surface area (Å²) < 4.78 is 11.3. The van der Waals surface area contributed by atoms with Gasteiger partial charge in [-0.15, -0.1) is 0 Å². The third-order valence-corrected chi connectivity index (χ3v) is 3.50. The number of methoxy groups -OCH3 is 1. The predicted molar refractivity (Wildman–Crippen MR) is 86.3 cm³/mol. The average molecular weight is 371 g/mol. The normalized spacial score (nSPS) is 10.0. The van der Waals surface area contributed by atoms with E-state index in [0.29, 0.717) is 22.2 Å². The second-order valence-corrected chi connectivity index (χ2v) is 5.43. The van der Waals surface area contributed by atoms with E-state index in [9.17, 15) is 4.79 Å². The Bertz CT molecular complexity index is 631. The van der Waals surface area contributed by atoms with Crippen molar-refractivity contribution in [2.45, 2.75) is 0 Å². The molecule has 0 atom stereocenters. The van der Waals surface area contributed by atoms with Crippen molar-refractivity contribution in [1.82, 2.24) is 0 Å². The summed E-state index contributed by atoms with van der Waals surface area (Å²) in [6.07, 6.45) is 0. The van der Waals surface area contributed by atoms with Crippen LogP contribution in [0.25, 0.3) is 0 Å². The molecule has 0 aromatic heterocycles. The first-order valence-corrected chi connectivity index (χ1v) is 7.27. The van der Waals surface area contributed by atoms with Crippen molar-refractivity contribution in [1.29, 1.82) is 0 Å². The lowest BCUT2D eigenvalue weighted by atomic mass is 10.3. The van der Waals surface area contributed by atoms with Gasteiger partial charge in [-0.1, -0.05) is 11.6 Å². The van der Waals surface area contributed by atoms with Gasteiger partial charge in [0.15, 0.2) is 6.61 Å². The summed E-state index contributed by atoms with van der Waals surface area (Å²) in [6.45, 7) is -0.0897. The Balaban J connectivity index is 1.90. The van der Waals surface area contributed by atoms with Gasteiger partial charge in [-0.25, -0.2) is 0 Å². The number of nitrogens with one attached hydrogen (secondary N) is 1. The van der Waals surface area contributed by atoms with E-state index < -0.39 is 0 Å². The number of carbonyl (C=O) groups excluding carboxylic acids is 1. The van der Waals surface area contributed by atoms with Gasteiger partial charge in [0, 0.05) is 10.7 Å². The molecule has 0 heterocycles. The van der Waals surface area contributed by atoms with Gasteiger partial charge in [0.05, 0.1) is 11.6 Å². The summed E-state index contributed by atoms with van der Waals surface area (Å²) in [5.41, 5.74) is 0.668. The lowest BCUT2D eigenvalue weighted by molar-refractivity contribution is -0.118. The van der Waals surface area contributed by atoms with Crippen LogP contribution in [0.3, 0.4) is 0 Å². The molecule has 0 bridgehead atoms. The number of hydrogen-bond donors (Lipinski definition) is 1. The molecule has 0 aliphatic heterocycles. The molecule has 1 N–H and O–H groups in total. The second-order valence-electron chi connectivity index (χ2n) is 4.14. The zero-order valence-corrected chi connectivity index (χ0v) is 13.6. The Labute approximate surface area is 136 Å². The van der Waals surface area contributed by atoms with E-state index in [-0.39, 0.29) is 12.5 Å². The van der Waals surface area contributed by atoms with Crippen LogP contribution in [0.1, 0.15) is 0 Å². The molecule has 0 radical (unpaired) electrons. The van der Waals surface area contributed by atoms with Crippen LogP contribution < -0.4 is 14.8 Å². The minimum Gasteiger partial charge on any atom is -0.497 e. The number of rotatable bonds is 5. The Morgan fingerprint density at radius 1 is 1.24 bits per heavy atom. The van der Waals surface area contributed by atoms with Crippen LogP contribution in [0.4, 0.5) is 5.69 Å². The van der Waals surface area contributed by atoms with E-state index in [0.717, 1.165) is 4.47 Å². The van der Waals surface area contributed by atoms with E-state index >= 15 is 0 Å². The quantitative estimate of drug-likeness (QED) is 0.861. The van der Waals surface area contributed by atoms with E-state index in [4.69, 9.17) is 21.1 Å². The molecular weight excluding hydrogens is 358 g/mol. The summed E-state index contributed by atoms with van der Waals surface area (Å²) >= 11 is 9.14. The minimum atomic E-state index is -0.250. The predicted octanol–water partition coefficient (Wildman–Crippen LogP) is 4.13. The molecule has 110 valence electrons. The van der Waals surface area contributed by atoms with Crippen LogP contribution >= 0.6 is 27.5 Å². The SMILES string of the molecule is COc1ccc(OCC(=O)Nc2ccc(Cl)cc2)c(Br)c1. The van der Waals surface area contributed by atoms with Crippen LogP contribution in [0.5, 0.6) is 11.5 Å².